The molecule has 0 radical (unpaired) electrons. The van der Waals surface area contributed by atoms with Gasteiger partial charge in [0, 0.05) is 36.6 Å². The molecule has 0 spiro atoms. The summed E-state index contributed by atoms with van der Waals surface area (Å²) in [4.78, 5) is 25.0. The number of halogens is 1. The van der Waals surface area contributed by atoms with E-state index in [1.165, 1.54) is 0 Å². The van der Waals surface area contributed by atoms with E-state index in [0.29, 0.717) is 35.2 Å². The van der Waals surface area contributed by atoms with Gasteiger partial charge in [0.2, 0.25) is 0 Å². The van der Waals surface area contributed by atoms with Gasteiger partial charge in [0.05, 0.1) is 16.8 Å². The Hall–Kier alpha value is -3.00. The first-order valence-corrected chi connectivity index (χ1v) is 9.37. The summed E-state index contributed by atoms with van der Waals surface area (Å²) in [5.41, 5.74) is 8.36. The molecule has 0 bridgehead atoms. The van der Waals surface area contributed by atoms with Crippen LogP contribution in [0.4, 0.5) is 11.6 Å². The molecule has 144 valence electrons. The Balaban J connectivity index is 1.60. The molecule has 1 saturated heterocycles. The highest BCUT2D eigenvalue weighted by molar-refractivity contribution is 6.31. The third kappa shape index (κ3) is 3.20. The largest absolute Gasteiger partial charge is 0.365 e. The van der Waals surface area contributed by atoms with E-state index in [-0.39, 0.29) is 0 Å². The molecule has 0 atom stereocenters. The number of piperazine rings is 1. The maximum absolute atomic E-state index is 12.0. The van der Waals surface area contributed by atoms with Gasteiger partial charge in [-0.25, -0.2) is 9.97 Å². The van der Waals surface area contributed by atoms with E-state index in [2.05, 4.69) is 30.0 Å². The van der Waals surface area contributed by atoms with Gasteiger partial charge in [0.25, 0.3) is 5.91 Å². The Bertz CT molecular complexity index is 1060. The first kappa shape index (κ1) is 18.4. The lowest BCUT2D eigenvalue weighted by molar-refractivity contribution is 0.0999. The lowest BCUT2D eigenvalue weighted by atomic mass is 10.1. The molecule has 0 aliphatic carbocycles. The molecule has 2 aromatic heterocycles. The lowest BCUT2D eigenvalue weighted by Crippen LogP contribution is -2.48. The number of amides is 1. The number of carbonyl (C=O) groups is 1. The van der Waals surface area contributed by atoms with Crippen molar-refractivity contribution in [1.29, 1.82) is 0 Å². The van der Waals surface area contributed by atoms with Crippen molar-refractivity contribution in [2.75, 3.05) is 36.0 Å². The highest BCUT2D eigenvalue weighted by Crippen LogP contribution is 2.28. The summed E-state index contributed by atoms with van der Waals surface area (Å²) >= 11 is 6.08. The van der Waals surface area contributed by atoms with Crippen LogP contribution in [0, 0.1) is 13.8 Å². The molecule has 0 unspecified atom stereocenters. The van der Waals surface area contributed by atoms with Gasteiger partial charge < -0.3 is 15.5 Å². The number of nitrogens with two attached hydrogens (primary N) is 1. The summed E-state index contributed by atoms with van der Waals surface area (Å²) in [7, 11) is 0. The van der Waals surface area contributed by atoms with Gasteiger partial charge in [-0.3, -0.25) is 4.79 Å². The average Bonchev–Trinajstić information content (AvgIpc) is 2.69. The Morgan fingerprint density at radius 3 is 2.39 bits per heavy atom. The third-order valence-electron chi connectivity index (χ3n) is 5.14. The lowest BCUT2D eigenvalue weighted by Gasteiger charge is -2.36. The van der Waals surface area contributed by atoms with Crippen LogP contribution in [0.5, 0.6) is 0 Å². The van der Waals surface area contributed by atoms with E-state index in [9.17, 15) is 4.79 Å². The molecule has 8 nitrogen and oxygen atoms in total. The Morgan fingerprint density at radius 1 is 1.04 bits per heavy atom. The van der Waals surface area contributed by atoms with Gasteiger partial charge >= 0.3 is 0 Å². The standard InChI is InChI=1S/C19H20ClN7O/c1-11-12(2)24-25-19(16(11)17(21)28)27-7-5-26(6-8-27)18-14-4-3-13(20)9-15(14)22-10-23-18/h3-4,9-10H,5-8H2,1-2H3,(H2,21,28). The molecule has 3 heterocycles. The Labute approximate surface area is 167 Å². The highest BCUT2D eigenvalue weighted by Gasteiger charge is 2.26. The molecule has 1 aliphatic rings. The molecule has 9 heteroatoms. The summed E-state index contributed by atoms with van der Waals surface area (Å²) in [6.45, 7) is 6.47. The van der Waals surface area contributed by atoms with Crippen molar-refractivity contribution in [3.63, 3.8) is 0 Å². The van der Waals surface area contributed by atoms with Crippen LogP contribution in [0.25, 0.3) is 10.9 Å². The minimum absolute atomic E-state index is 0.447. The average molecular weight is 398 g/mol. The van der Waals surface area contributed by atoms with Crippen LogP contribution >= 0.6 is 11.6 Å². The number of hydrogen-bond donors (Lipinski definition) is 1. The van der Waals surface area contributed by atoms with E-state index in [0.717, 1.165) is 35.4 Å². The second kappa shape index (κ2) is 7.20. The minimum atomic E-state index is -0.480. The van der Waals surface area contributed by atoms with E-state index in [1.807, 2.05) is 32.0 Å². The normalized spacial score (nSPS) is 14.5. The van der Waals surface area contributed by atoms with Crippen LogP contribution in [0.1, 0.15) is 21.6 Å². The molecule has 2 N–H and O–H groups in total. The number of primary amides is 1. The monoisotopic (exact) mass is 397 g/mol. The first-order valence-electron chi connectivity index (χ1n) is 8.99. The number of nitrogens with zero attached hydrogens (tertiary/aromatic N) is 6. The summed E-state index contributed by atoms with van der Waals surface area (Å²) < 4.78 is 0. The fraction of sp³-hybridized carbons (Fsp3) is 0.316. The van der Waals surface area contributed by atoms with Crippen molar-refractivity contribution in [2.45, 2.75) is 13.8 Å². The van der Waals surface area contributed by atoms with E-state index < -0.39 is 5.91 Å². The Kier molecular flexibility index (Phi) is 4.72. The second-order valence-corrected chi connectivity index (χ2v) is 7.24. The molecule has 1 aliphatic heterocycles. The molecule has 1 fully saturated rings. The predicted octanol–water partition coefficient (Wildman–Crippen LogP) is 2.12. The fourth-order valence-corrected chi connectivity index (χ4v) is 3.68. The topological polar surface area (TPSA) is 101 Å². The van der Waals surface area contributed by atoms with Crippen LogP contribution in [-0.4, -0.2) is 52.3 Å². The predicted molar refractivity (Wildman–Crippen MR) is 109 cm³/mol. The van der Waals surface area contributed by atoms with Crippen molar-refractivity contribution < 1.29 is 4.79 Å². The van der Waals surface area contributed by atoms with Crippen LogP contribution in [0.15, 0.2) is 24.5 Å². The molecular formula is C19H20ClN7O. The second-order valence-electron chi connectivity index (χ2n) is 6.81. The highest BCUT2D eigenvalue weighted by atomic mass is 35.5. The molecule has 1 aromatic carbocycles. The zero-order valence-electron chi connectivity index (χ0n) is 15.7. The molecular weight excluding hydrogens is 378 g/mol. The van der Waals surface area contributed by atoms with Gasteiger partial charge in [0.15, 0.2) is 5.82 Å². The number of anilines is 2. The molecule has 3 aromatic rings. The quantitative estimate of drug-likeness (QED) is 0.722. The number of aromatic nitrogens is 4. The zero-order valence-corrected chi connectivity index (χ0v) is 16.4. The summed E-state index contributed by atoms with van der Waals surface area (Å²) in [6.07, 6.45) is 1.56. The molecule has 0 saturated carbocycles. The summed E-state index contributed by atoms with van der Waals surface area (Å²) in [6, 6.07) is 5.62. The van der Waals surface area contributed by atoms with Crippen molar-refractivity contribution in [2.24, 2.45) is 5.73 Å². The van der Waals surface area contributed by atoms with E-state index >= 15 is 0 Å². The van der Waals surface area contributed by atoms with Crippen molar-refractivity contribution >= 4 is 40.0 Å². The van der Waals surface area contributed by atoms with Crippen molar-refractivity contribution in [3.8, 4) is 0 Å². The fourth-order valence-electron chi connectivity index (χ4n) is 3.51. The summed E-state index contributed by atoms with van der Waals surface area (Å²) in [5, 5.41) is 10.0. The van der Waals surface area contributed by atoms with Gasteiger partial charge in [0.1, 0.15) is 12.1 Å². The first-order chi connectivity index (χ1) is 13.5. The van der Waals surface area contributed by atoms with Gasteiger partial charge in [-0.05, 0) is 37.6 Å². The number of carbonyl (C=O) groups excluding carboxylic acids is 1. The van der Waals surface area contributed by atoms with Gasteiger partial charge in [-0.2, -0.15) is 5.10 Å². The van der Waals surface area contributed by atoms with Crippen LogP contribution in [0.3, 0.4) is 0 Å². The number of rotatable bonds is 3. The van der Waals surface area contributed by atoms with Crippen molar-refractivity contribution in [3.05, 3.63) is 46.4 Å². The number of aryl methyl sites for hydroxylation is 1. The maximum Gasteiger partial charge on any atom is 0.252 e. The third-order valence-corrected chi connectivity index (χ3v) is 5.37. The van der Waals surface area contributed by atoms with E-state index in [1.54, 1.807) is 6.33 Å². The molecule has 4 rings (SSSR count). The number of hydrogen-bond acceptors (Lipinski definition) is 7. The Morgan fingerprint density at radius 2 is 1.71 bits per heavy atom. The smallest absolute Gasteiger partial charge is 0.252 e. The maximum atomic E-state index is 12.0. The number of benzene rings is 1. The van der Waals surface area contributed by atoms with Crippen LogP contribution in [0.2, 0.25) is 5.02 Å². The van der Waals surface area contributed by atoms with Crippen LogP contribution < -0.4 is 15.5 Å². The summed E-state index contributed by atoms with van der Waals surface area (Å²) in [5.74, 6) is 0.948. The number of fused-ring (bicyclic) bond motifs is 1. The van der Waals surface area contributed by atoms with E-state index in [4.69, 9.17) is 17.3 Å². The zero-order chi connectivity index (χ0) is 19.8. The SMILES string of the molecule is Cc1nnc(N2CCN(c3ncnc4cc(Cl)ccc34)CC2)c(C(N)=O)c1C. The molecule has 28 heavy (non-hydrogen) atoms. The van der Waals surface area contributed by atoms with Gasteiger partial charge in [-0.15, -0.1) is 5.10 Å². The minimum Gasteiger partial charge on any atom is -0.365 e. The van der Waals surface area contributed by atoms with Crippen molar-refractivity contribution in [1.82, 2.24) is 20.2 Å². The van der Waals surface area contributed by atoms with Crippen LogP contribution in [-0.2, 0) is 0 Å². The molecule has 1 amide bonds. The van der Waals surface area contributed by atoms with Gasteiger partial charge in [-0.1, -0.05) is 11.6 Å².